The number of nitrogens with one attached hydrogen (secondary N) is 1. The molecule has 0 saturated carbocycles. The second kappa shape index (κ2) is 5.45. The molecule has 98 valence electrons. The molecule has 0 aromatic heterocycles. The highest BCUT2D eigenvalue weighted by Gasteiger charge is 2.09. The first kappa shape index (κ1) is 13.6. The molecule has 2 rings (SSSR count). The van der Waals surface area contributed by atoms with E-state index in [0.29, 0.717) is 10.0 Å². The molecule has 0 bridgehead atoms. The molecule has 3 nitrogen and oxygen atoms in total. The minimum absolute atomic E-state index is 0.0491. The van der Waals surface area contributed by atoms with Gasteiger partial charge in [-0.2, -0.15) is 0 Å². The molecular formula is C15H14BrNO2. The largest absolute Gasteiger partial charge is 0.507 e. The molecule has 0 heterocycles. The third-order valence-corrected chi connectivity index (χ3v) is 3.36. The Morgan fingerprint density at radius 3 is 2.32 bits per heavy atom. The zero-order valence-corrected chi connectivity index (χ0v) is 12.3. The zero-order chi connectivity index (χ0) is 14.0. The van der Waals surface area contributed by atoms with Crippen molar-refractivity contribution in [2.75, 3.05) is 5.32 Å². The van der Waals surface area contributed by atoms with Gasteiger partial charge < -0.3 is 10.4 Å². The van der Waals surface area contributed by atoms with Crippen molar-refractivity contribution < 1.29 is 9.90 Å². The van der Waals surface area contributed by atoms with Crippen molar-refractivity contribution in [1.82, 2.24) is 0 Å². The first-order chi connectivity index (χ1) is 8.95. The van der Waals surface area contributed by atoms with E-state index in [2.05, 4.69) is 21.2 Å². The first-order valence-electron chi connectivity index (χ1n) is 5.84. The number of amides is 1. The van der Waals surface area contributed by atoms with Gasteiger partial charge in [0.15, 0.2) is 0 Å². The van der Waals surface area contributed by atoms with E-state index in [1.165, 1.54) is 6.07 Å². The summed E-state index contributed by atoms with van der Waals surface area (Å²) in [6.45, 7) is 3.96. The Kier molecular flexibility index (Phi) is 3.90. The second-order valence-electron chi connectivity index (χ2n) is 4.50. The van der Waals surface area contributed by atoms with E-state index in [9.17, 15) is 9.90 Å². The Hall–Kier alpha value is -1.81. The van der Waals surface area contributed by atoms with Crippen LogP contribution in [0.15, 0.2) is 40.9 Å². The Morgan fingerprint density at radius 2 is 1.74 bits per heavy atom. The zero-order valence-electron chi connectivity index (χ0n) is 10.7. The maximum atomic E-state index is 12.1. The third kappa shape index (κ3) is 3.35. The van der Waals surface area contributed by atoms with Crippen molar-refractivity contribution in [3.63, 3.8) is 0 Å². The summed E-state index contributed by atoms with van der Waals surface area (Å²) < 4.78 is 0.565. The quantitative estimate of drug-likeness (QED) is 0.878. The highest BCUT2D eigenvalue weighted by atomic mass is 79.9. The molecular weight excluding hydrogens is 306 g/mol. The lowest BCUT2D eigenvalue weighted by Gasteiger charge is -2.08. The van der Waals surface area contributed by atoms with Crippen LogP contribution in [0.25, 0.3) is 0 Å². The standard InChI is InChI=1S/C15H14BrNO2/c1-9-5-10(2)7-12(6-9)17-15(19)11-3-4-13(16)14(18)8-11/h3-8,18H,1-2H3,(H,17,19). The maximum absolute atomic E-state index is 12.1. The number of hydrogen-bond donors (Lipinski definition) is 2. The van der Waals surface area contributed by atoms with E-state index in [4.69, 9.17) is 0 Å². The van der Waals surface area contributed by atoms with Gasteiger partial charge in [0, 0.05) is 11.3 Å². The Balaban J connectivity index is 2.22. The van der Waals surface area contributed by atoms with Gasteiger partial charge in [0.2, 0.25) is 0 Å². The number of aryl methyl sites for hydroxylation is 2. The Bertz CT molecular complexity index is 618. The lowest BCUT2D eigenvalue weighted by atomic mass is 10.1. The topological polar surface area (TPSA) is 49.3 Å². The van der Waals surface area contributed by atoms with Crippen LogP contribution < -0.4 is 5.32 Å². The van der Waals surface area contributed by atoms with Crippen molar-refractivity contribution >= 4 is 27.5 Å². The maximum Gasteiger partial charge on any atom is 0.255 e. The van der Waals surface area contributed by atoms with Gasteiger partial charge in [-0.1, -0.05) is 6.07 Å². The highest BCUT2D eigenvalue weighted by Crippen LogP contribution is 2.25. The number of benzene rings is 2. The molecule has 0 atom stereocenters. The van der Waals surface area contributed by atoms with Crippen LogP contribution in [-0.2, 0) is 0 Å². The van der Waals surface area contributed by atoms with Crippen molar-refractivity contribution in [3.05, 3.63) is 57.6 Å². The molecule has 4 heteroatoms. The van der Waals surface area contributed by atoms with Crippen molar-refractivity contribution in [2.24, 2.45) is 0 Å². The molecule has 0 spiro atoms. The molecule has 2 aromatic carbocycles. The fourth-order valence-corrected chi connectivity index (χ4v) is 2.15. The van der Waals surface area contributed by atoms with E-state index < -0.39 is 0 Å². The number of halogens is 1. The van der Waals surface area contributed by atoms with Gasteiger partial charge in [0.25, 0.3) is 5.91 Å². The monoisotopic (exact) mass is 319 g/mol. The van der Waals surface area contributed by atoms with Crippen molar-refractivity contribution in [1.29, 1.82) is 0 Å². The van der Waals surface area contributed by atoms with Crippen LogP contribution in [-0.4, -0.2) is 11.0 Å². The predicted octanol–water partition coefficient (Wildman–Crippen LogP) is 4.02. The minimum Gasteiger partial charge on any atom is -0.507 e. The van der Waals surface area contributed by atoms with E-state index in [0.717, 1.165) is 16.8 Å². The lowest BCUT2D eigenvalue weighted by molar-refractivity contribution is 0.102. The summed E-state index contributed by atoms with van der Waals surface area (Å²) in [6.07, 6.45) is 0. The summed E-state index contributed by atoms with van der Waals surface area (Å²) in [5, 5.41) is 12.4. The van der Waals surface area contributed by atoms with Crippen LogP contribution in [0.3, 0.4) is 0 Å². The van der Waals surface area contributed by atoms with Crippen LogP contribution in [0, 0.1) is 13.8 Å². The molecule has 0 radical (unpaired) electrons. The number of phenolic OH excluding ortho intramolecular Hbond substituents is 1. The number of hydrogen-bond acceptors (Lipinski definition) is 2. The summed E-state index contributed by atoms with van der Waals surface area (Å²) in [5.41, 5.74) is 3.35. The number of carbonyl (C=O) groups excluding carboxylic acids is 1. The fraction of sp³-hybridized carbons (Fsp3) is 0.133. The van der Waals surface area contributed by atoms with E-state index in [-0.39, 0.29) is 11.7 Å². The third-order valence-electron chi connectivity index (χ3n) is 2.69. The molecule has 2 aromatic rings. The number of aromatic hydroxyl groups is 1. The van der Waals surface area contributed by atoms with E-state index >= 15 is 0 Å². The molecule has 0 aliphatic carbocycles. The van der Waals surface area contributed by atoms with Crippen LogP contribution in [0.2, 0.25) is 0 Å². The van der Waals surface area contributed by atoms with Crippen molar-refractivity contribution in [2.45, 2.75) is 13.8 Å². The summed E-state index contributed by atoms with van der Waals surface area (Å²) in [6, 6.07) is 10.6. The van der Waals surface area contributed by atoms with Gasteiger partial charge in [0.05, 0.1) is 4.47 Å². The molecule has 1 amide bonds. The lowest BCUT2D eigenvalue weighted by Crippen LogP contribution is -2.12. The number of carbonyl (C=O) groups is 1. The highest BCUT2D eigenvalue weighted by molar-refractivity contribution is 9.10. The van der Waals surface area contributed by atoms with Gasteiger partial charge in [-0.25, -0.2) is 0 Å². The van der Waals surface area contributed by atoms with E-state index in [1.807, 2.05) is 32.0 Å². The normalized spacial score (nSPS) is 10.3. The predicted molar refractivity (Wildman–Crippen MR) is 79.7 cm³/mol. The molecule has 2 N–H and O–H groups in total. The molecule has 0 aliphatic rings. The van der Waals surface area contributed by atoms with Crippen LogP contribution in [0.4, 0.5) is 5.69 Å². The summed E-state index contributed by atoms with van der Waals surface area (Å²) >= 11 is 3.18. The Labute approximate surface area is 120 Å². The second-order valence-corrected chi connectivity index (χ2v) is 5.35. The average Bonchev–Trinajstić information content (AvgIpc) is 2.31. The molecule has 0 aliphatic heterocycles. The van der Waals surface area contributed by atoms with Gasteiger partial charge in [-0.05, 0) is 71.2 Å². The molecule has 0 saturated heterocycles. The minimum atomic E-state index is -0.243. The van der Waals surface area contributed by atoms with Crippen LogP contribution in [0.5, 0.6) is 5.75 Å². The molecule has 0 fully saturated rings. The number of phenols is 1. The summed E-state index contributed by atoms with van der Waals surface area (Å²) in [4.78, 5) is 12.1. The SMILES string of the molecule is Cc1cc(C)cc(NC(=O)c2ccc(Br)c(O)c2)c1. The summed E-state index contributed by atoms with van der Waals surface area (Å²) in [5.74, 6) is -0.194. The van der Waals surface area contributed by atoms with Gasteiger partial charge >= 0.3 is 0 Å². The van der Waals surface area contributed by atoms with Crippen LogP contribution >= 0.6 is 15.9 Å². The number of rotatable bonds is 2. The van der Waals surface area contributed by atoms with Crippen LogP contribution in [0.1, 0.15) is 21.5 Å². The molecule has 19 heavy (non-hydrogen) atoms. The molecule has 0 unspecified atom stereocenters. The average molecular weight is 320 g/mol. The number of anilines is 1. The van der Waals surface area contributed by atoms with E-state index in [1.54, 1.807) is 12.1 Å². The van der Waals surface area contributed by atoms with Gasteiger partial charge in [-0.3, -0.25) is 4.79 Å². The first-order valence-corrected chi connectivity index (χ1v) is 6.63. The van der Waals surface area contributed by atoms with Gasteiger partial charge in [-0.15, -0.1) is 0 Å². The Morgan fingerprint density at radius 1 is 1.11 bits per heavy atom. The van der Waals surface area contributed by atoms with Gasteiger partial charge in [0.1, 0.15) is 5.75 Å². The van der Waals surface area contributed by atoms with Crippen molar-refractivity contribution in [3.8, 4) is 5.75 Å². The fourth-order valence-electron chi connectivity index (χ4n) is 1.90. The summed E-state index contributed by atoms with van der Waals surface area (Å²) in [7, 11) is 0. The smallest absolute Gasteiger partial charge is 0.255 e.